The third-order valence-electron chi connectivity index (χ3n) is 3.37. The summed E-state index contributed by atoms with van der Waals surface area (Å²) in [5.41, 5.74) is 1.81. The van der Waals surface area contributed by atoms with Gasteiger partial charge in [-0.15, -0.1) is 0 Å². The SMILES string of the molecule is O[C@@H]1COCC[C@H]1Nc1ccnc2cc(Cl)ccc12. The standard InChI is InChI=1S/C14H15ClN2O2/c15-9-1-2-10-11(3-5-16-13(10)7-9)17-12-4-6-19-8-14(12)18/h1-3,5,7,12,14,18H,4,6,8H2,(H,16,17)/t12-,14-/m1/s1. The molecule has 0 radical (unpaired) electrons. The van der Waals surface area contributed by atoms with Gasteiger partial charge in [0.05, 0.1) is 24.3 Å². The molecule has 2 heterocycles. The van der Waals surface area contributed by atoms with Crippen LogP contribution in [-0.4, -0.2) is 35.5 Å². The summed E-state index contributed by atoms with van der Waals surface area (Å²) < 4.78 is 5.23. The molecule has 1 aromatic carbocycles. The Bertz CT molecular complexity index is 591. The first kappa shape index (κ1) is 12.7. The molecule has 2 aromatic rings. The molecule has 1 fully saturated rings. The summed E-state index contributed by atoms with van der Waals surface area (Å²) in [6.45, 7) is 1.05. The summed E-state index contributed by atoms with van der Waals surface area (Å²) in [5, 5.41) is 15.0. The van der Waals surface area contributed by atoms with Gasteiger partial charge in [0, 0.05) is 28.9 Å². The molecule has 0 unspecified atom stereocenters. The summed E-state index contributed by atoms with van der Waals surface area (Å²) >= 11 is 5.97. The maximum atomic E-state index is 9.92. The van der Waals surface area contributed by atoms with Crippen molar-refractivity contribution in [1.29, 1.82) is 0 Å². The van der Waals surface area contributed by atoms with Crippen LogP contribution >= 0.6 is 11.6 Å². The molecule has 1 aliphatic heterocycles. The second kappa shape index (κ2) is 5.33. The van der Waals surface area contributed by atoms with Crippen molar-refractivity contribution in [2.45, 2.75) is 18.6 Å². The molecule has 1 saturated heterocycles. The summed E-state index contributed by atoms with van der Waals surface area (Å²) in [5.74, 6) is 0. The van der Waals surface area contributed by atoms with Crippen LogP contribution in [-0.2, 0) is 4.74 Å². The highest BCUT2D eigenvalue weighted by molar-refractivity contribution is 6.31. The molecule has 0 bridgehead atoms. The number of pyridine rings is 1. The first-order valence-corrected chi connectivity index (χ1v) is 6.68. The first-order valence-electron chi connectivity index (χ1n) is 6.30. The van der Waals surface area contributed by atoms with Crippen LogP contribution in [0.4, 0.5) is 5.69 Å². The summed E-state index contributed by atoms with van der Waals surface area (Å²) in [6.07, 6.45) is 2.05. The second-order valence-corrected chi connectivity index (χ2v) is 5.14. The monoisotopic (exact) mass is 278 g/mol. The van der Waals surface area contributed by atoms with Gasteiger partial charge in [0.1, 0.15) is 0 Å². The Morgan fingerprint density at radius 1 is 1.37 bits per heavy atom. The number of aromatic nitrogens is 1. The van der Waals surface area contributed by atoms with Crippen molar-refractivity contribution in [2.75, 3.05) is 18.5 Å². The Labute approximate surface area is 116 Å². The molecular weight excluding hydrogens is 264 g/mol. The van der Waals surface area contributed by atoms with E-state index in [9.17, 15) is 5.11 Å². The van der Waals surface area contributed by atoms with Crippen LogP contribution in [0.1, 0.15) is 6.42 Å². The minimum absolute atomic E-state index is 0.00929. The number of aliphatic hydroxyl groups is 1. The van der Waals surface area contributed by atoms with Crippen LogP contribution in [0, 0.1) is 0 Å². The van der Waals surface area contributed by atoms with Gasteiger partial charge in [0.2, 0.25) is 0 Å². The predicted octanol–water partition coefficient (Wildman–Crippen LogP) is 2.45. The van der Waals surface area contributed by atoms with Crippen LogP contribution in [0.5, 0.6) is 0 Å². The van der Waals surface area contributed by atoms with Gasteiger partial charge in [-0.1, -0.05) is 11.6 Å². The quantitative estimate of drug-likeness (QED) is 0.886. The lowest BCUT2D eigenvalue weighted by Crippen LogP contribution is -2.41. The van der Waals surface area contributed by atoms with E-state index in [0.29, 0.717) is 18.2 Å². The van der Waals surface area contributed by atoms with E-state index in [1.165, 1.54) is 0 Å². The van der Waals surface area contributed by atoms with E-state index in [0.717, 1.165) is 23.0 Å². The van der Waals surface area contributed by atoms with Gasteiger partial charge in [-0.25, -0.2) is 0 Å². The summed E-state index contributed by atoms with van der Waals surface area (Å²) in [6, 6.07) is 7.55. The summed E-state index contributed by atoms with van der Waals surface area (Å²) in [4.78, 5) is 4.30. The van der Waals surface area contributed by atoms with Crippen LogP contribution in [0.3, 0.4) is 0 Å². The fourth-order valence-electron chi connectivity index (χ4n) is 2.34. The second-order valence-electron chi connectivity index (χ2n) is 4.70. The van der Waals surface area contributed by atoms with Gasteiger partial charge in [-0.05, 0) is 30.7 Å². The summed E-state index contributed by atoms with van der Waals surface area (Å²) in [7, 11) is 0. The number of nitrogens with zero attached hydrogens (tertiary/aromatic N) is 1. The van der Waals surface area contributed by atoms with Crippen LogP contribution < -0.4 is 5.32 Å². The Kier molecular flexibility index (Phi) is 3.55. The highest BCUT2D eigenvalue weighted by Gasteiger charge is 2.23. The predicted molar refractivity (Wildman–Crippen MR) is 75.6 cm³/mol. The van der Waals surface area contributed by atoms with Crippen molar-refractivity contribution in [2.24, 2.45) is 0 Å². The third kappa shape index (κ3) is 2.66. The van der Waals surface area contributed by atoms with E-state index < -0.39 is 6.10 Å². The average Bonchev–Trinajstić information content (AvgIpc) is 2.41. The van der Waals surface area contributed by atoms with Crippen LogP contribution in [0.25, 0.3) is 10.9 Å². The maximum absolute atomic E-state index is 9.92. The van der Waals surface area contributed by atoms with Crippen molar-refractivity contribution >= 4 is 28.2 Å². The largest absolute Gasteiger partial charge is 0.389 e. The van der Waals surface area contributed by atoms with Gasteiger partial charge in [-0.3, -0.25) is 4.98 Å². The van der Waals surface area contributed by atoms with Crippen molar-refractivity contribution in [1.82, 2.24) is 4.98 Å². The number of hydrogen-bond donors (Lipinski definition) is 2. The van der Waals surface area contributed by atoms with Gasteiger partial charge in [0.15, 0.2) is 0 Å². The van der Waals surface area contributed by atoms with Crippen molar-refractivity contribution in [3.8, 4) is 0 Å². The zero-order valence-electron chi connectivity index (χ0n) is 10.3. The molecule has 1 aliphatic rings. The van der Waals surface area contributed by atoms with E-state index in [2.05, 4.69) is 10.3 Å². The molecule has 4 nitrogen and oxygen atoms in total. The van der Waals surface area contributed by atoms with Crippen molar-refractivity contribution in [3.63, 3.8) is 0 Å². The van der Waals surface area contributed by atoms with E-state index in [1.54, 1.807) is 6.20 Å². The molecule has 0 amide bonds. The van der Waals surface area contributed by atoms with Crippen LogP contribution in [0.15, 0.2) is 30.5 Å². The molecule has 3 rings (SSSR count). The number of hydrogen-bond acceptors (Lipinski definition) is 4. The number of fused-ring (bicyclic) bond motifs is 1. The average molecular weight is 279 g/mol. The Morgan fingerprint density at radius 2 is 2.26 bits per heavy atom. The lowest BCUT2D eigenvalue weighted by Gasteiger charge is -2.29. The maximum Gasteiger partial charge on any atom is 0.0974 e. The zero-order valence-corrected chi connectivity index (χ0v) is 11.1. The molecule has 100 valence electrons. The van der Waals surface area contributed by atoms with Crippen molar-refractivity contribution < 1.29 is 9.84 Å². The lowest BCUT2D eigenvalue weighted by molar-refractivity contribution is -0.0134. The number of nitrogens with one attached hydrogen (secondary N) is 1. The third-order valence-corrected chi connectivity index (χ3v) is 3.61. The Balaban J connectivity index is 1.92. The molecular formula is C14H15ClN2O2. The van der Waals surface area contributed by atoms with Gasteiger partial charge >= 0.3 is 0 Å². The number of aliphatic hydroxyl groups excluding tert-OH is 1. The van der Waals surface area contributed by atoms with E-state index in [4.69, 9.17) is 16.3 Å². The van der Waals surface area contributed by atoms with Crippen LogP contribution in [0.2, 0.25) is 5.02 Å². The van der Waals surface area contributed by atoms with E-state index >= 15 is 0 Å². The molecule has 5 heteroatoms. The molecule has 0 aliphatic carbocycles. The fourth-order valence-corrected chi connectivity index (χ4v) is 2.50. The fraction of sp³-hybridized carbons (Fsp3) is 0.357. The van der Waals surface area contributed by atoms with E-state index in [1.807, 2.05) is 24.3 Å². The molecule has 2 atom stereocenters. The molecule has 19 heavy (non-hydrogen) atoms. The highest BCUT2D eigenvalue weighted by Crippen LogP contribution is 2.26. The highest BCUT2D eigenvalue weighted by atomic mass is 35.5. The van der Waals surface area contributed by atoms with Gasteiger partial charge in [0.25, 0.3) is 0 Å². The molecule has 0 saturated carbocycles. The Morgan fingerprint density at radius 3 is 3.11 bits per heavy atom. The first-order chi connectivity index (χ1) is 9.24. The normalized spacial score (nSPS) is 23.5. The smallest absolute Gasteiger partial charge is 0.0974 e. The minimum Gasteiger partial charge on any atom is -0.389 e. The lowest BCUT2D eigenvalue weighted by atomic mass is 10.1. The minimum atomic E-state index is -0.482. The topological polar surface area (TPSA) is 54.4 Å². The Hall–Kier alpha value is -1.36. The zero-order chi connectivity index (χ0) is 13.2. The molecule has 1 aromatic heterocycles. The molecule has 0 spiro atoms. The number of anilines is 1. The van der Waals surface area contributed by atoms with Crippen molar-refractivity contribution in [3.05, 3.63) is 35.5 Å². The molecule has 2 N–H and O–H groups in total. The van der Waals surface area contributed by atoms with Gasteiger partial charge in [-0.2, -0.15) is 0 Å². The number of benzene rings is 1. The van der Waals surface area contributed by atoms with Gasteiger partial charge < -0.3 is 15.2 Å². The number of rotatable bonds is 2. The number of halogens is 1. The number of ether oxygens (including phenoxy) is 1. The van der Waals surface area contributed by atoms with E-state index in [-0.39, 0.29) is 6.04 Å².